The number of ether oxygens (including phenoxy) is 3. The minimum Gasteiger partial charge on any atom is -0.485 e. The van der Waals surface area contributed by atoms with Crippen molar-refractivity contribution in [3.8, 4) is 5.75 Å². The van der Waals surface area contributed by atoms with E-state index in [9.17, 15) is 14.4 Å². The van der Waals surface area contributed by atoms with Crippen LogP contribution < -0.4 is 10.1 Å². The van der Waals surface area contributed by atoms with E-state index in [2.05, 4.69) is 5.32 Å². The molecule has 0 aliphatic carbocycles. The number of methoxy groups -OCH3 is 2. The second-order valence-electron chi connectivity index (χ2n) is 7.27. The Bertz CT molecular complexity index is 1330. The summed E-state index contributed by atoms with van der Waals surface area (Å²) in [7, 11) is 2.44. The van der Waals surface area contributed by atoms with Crippen molar-refractivity contribution < 1.29 is 33.0 Å². The van der Waals surface area contributed by atoms with E-state index in [1.165, 1.54) is 38.5 Å². The van der Waals surface area contributed by atoms with Gasteiger partial charge in [-0.05, 0) is 41.8 Å². The number of hydrogen-bond donors (Lipinski definition) is 1. The SMILES string of the molecule is COC(=O)c1cc(NC(=O)c2ccc(COc3cccc4ccccc34)o2)cc(C(=O)OC)c1. The molecule has 34 heavy (non-hydrogen) atoms. The van der Waals surface area contributed by atoms with Crippen LogP contribution in [-0.4, -0.2) is 32.1 Å². The smallest absolute Gasteiger partial charge is 0.337 e. The van der Waals surface area contributed by atoms with Crippen LogP contribution in [0.5, 0.6) is 5.75 Å². The van der Waals surface area contributed by atoms with Crippen molar-refractivity contribution in [3.63, 3.8) is 0 Å². The molecule has 8 heteroatoms. The van der Waals surface area contributed by atoms with Crippen LogP contribution in [-0.2, 0) is 16.1 Å². The number of amides is 1. The summed E-state index contributed by atoms with van der Waals surface area (Å²) < 4.78 is 20.9. The summed E-state index contributed by atoms with van der Waals surface area (Å²) in [6.45, 7) is 0.131. The third-order valence-electron chi connectivity index (χ3n) is 5.04. The molecule has 172 valence electrons. The predicted octanol–water partition coefficient (Wildman–Crippen LogP) is 4.84. The lowest BCUT2D eigenvalue weighted by molar-refractivity contribution is 0.0599. The van der Waals surface area contributed by atoms with Crippen molar-refractivity contribution >= 4 is 34.3 Å². The van der Waals surface area contributed by atoms with E-state index in [0.717, 1.165) is 10.8 Å². The Kier molecular flexibility index (Phi) is 6.59. The molecule has 0 aliphatic rings. The molecule has 0 saturated carbocycles. The molecule has 0 unspecified atom stereocenters. The van der Waals surface area contributed by atoms with Crippen LogP contribution in [0.3, 0.4) is 0 Å². The largest absolute Gasteiger partial charge is 0.485 e. The monoisotopic (exact) mass is 459 g/mol. The number of esters is 2. The standard InChI is InChI=1S/C26H21NO7/c1-31-25(29)17-12-18(26(30)32-2)14-19(13-17)27-24(28)23-11-10-20(34-23)15-33-22-9-5-7-16-6-3-4-8-21(16)22/h3-14H,15H2,1-2H3,(H,27,28). The van der Waals surface area contributed by atoms with Gasteiger partial charge in [0.1, 0.15) is 18.1 Å². The molecule has 0 atom stereocenters. The second kappa shape index (κ2) is 9.91. The molecule has 4 rings (SSSR count). The predicted molar refractivity (Wildman–Crippen MR) is 124 cm³/mol. The molecule has 0 fully saturated rings. The quantitative estimate of drug-likeness (QED) is 0.395. The van der Waals surface area contributed by atoms with E-state index in [0.29, 0.717) is 11.5 Å². The molecule has 1 amide bonds. The van der Waals surface area contributed by atoms with Crippen LogP contribution in [0.15, 0.2) is 77.2 Å². The third-order valence-corrected chi connectivity index (χ3v) is 5.04. The Morgan fingerprint density at radius 1 is 0.824 bits per heavy atom. The fourth-order valence-electron chi connectivity index (χ4n) is 3.41. The zero-order valence-corrected chi connectivity index (χ0v) is 18.5. The van der Waals surface area contributed by atoms with Gasteiger partial charge in [0.05, 0.1) is 25.3 Å². The van der Waals surface area contributed by atoms with Gasteiger partial charge in [0.2, 0.25) is 0 Å². The topological polar surface area (TPSA) is 104 Å². The Hall–Kier alpha value is -4.59. The van der Waals surface area contributed by atoms with Crippen LogP contribution in [0.1, 0.15) is 37.0 Å². The normalized spacial score (nSPS) is 10.5. The van der Waals surface area contributed by atoms with Crippen molar-refractivity contribution in [2.24, 2.45) is 0 Å². The van der Waals surface area contributed by atoms with E-state index in [1.807, 2.05) is 42.5 Å². The Labute approximate surface area is 195 Å². The summed E-state index contributed by atoms with van der Waals surface area (Å²) in [4.78, 5) is 36.6. The van der Waals surface area contributed by atoms with E-state index in [1.54, 1.807) is 6.07 Å². The van der Waals surface area contributed by atoms with Crippen molar-refractivity contribution in [2.45, 2.75) is 6.61 Å². The van der Waals surface area contributed by atoms with Crippen LogP contribution in [0, 0.1) is 0 Å². The lowest BCUT2D eigenvalue weighted by Gasteiger charge is -2.09. The first kappa shape index (κ1) is 22.6. The van der Waals surface area contributed by atoms with Crippen molar-refractivity contribution in [1.82, 2.24) is 0 Å². The minimum atomic E-state index is -0.660. The highest BCUT2D eigenvalue weighted by atomic mass is 16.5. The molecule has 0 spiro atoms. The Morgan fingerprint density at radius 2 is 1.50 bits per heavy atom. The average Bonchev–Trinajstić information content (AvgIpc) is 3.35. The molecule has 1 heterocycles. The fraction of sp³-hybridized carbons (Fsp3) is 0.115. The first-order chi connectivity index (χ1) is 16.5. The molecule has 1 aromatic heterocycles. The van der Waals surface area contributed by atoms with Gasteiger partial charge in [0.15, 0.2) is 5.76 Å². The number of furan rings is 1. The highest BCUT2D eigenvalue weighted by molar-refractivity contribution is 6.04. The van der Waals surface area contributed by atoms with Gasteiger partial charge >= 0.3 is 11.9 Å². The molecule has 3 aromatic carbocycles. The first-order valence-electron chi connectivity index (χ1n) is 10.3. The summed E-state index contributed by atoms with van der Waals surface area (Å²) in [5.74, 6) is -0.680. The molecular weight excluding hydrogens is 438 g/mol. The Balaban J connectivity index is 1.48. The number of hydrogen-bond acceptors (Lipinski definition) is 7. The Morgan fingerprint density at radius 3 is 2.21 bits per heavy atom. The number of rotatable bonds is 7. The molecule has 0 saturated heterocycles. The number of nitrogens with one attached hydrogen (secondary N) is 1. The highest BCUT2D eigenvalue weighted by Crippen LogP contribution is 2.26. The summed E-state index contributed by atoms with van der Waals surface area (Å²) >= 11 is 0. The second-order valence-corrected chi connectivity index (χ2v) is 7.27. The molecule has 0 bridgehead atoms. The van der Waals surface area contributed by atoms with Gasteiger partial charge < -0.3 is 23.9 Å². The van der Waals surface area contributed by atoms with Gasteiger partial charge in [0, 0.05) is 11.1 Å². The third kappa shape index (κ3) is 4.91. The molecule has 8 nitrogen and oxygen atoms in total. The maximum absolute atomic E-state index is 12.7. The maximum atomic E-state index is 12.7. The number of carbonyl (C=O) groups is 3. The van der Waals surface area contributed by atoms with Gasteiger partial charge in [-0.1, -0.05) is 36.4 Å². The summed E-state index contributed by atoms with van der Waals surface area (Å²) in [5, 5.41) is 4.65. The molecule has 0 radical (unpaired) electrons. The van der Waals surface area contributed by atoms with Crippen LogP contribution in [0.4, 0.5) is 5.69 Å². The maximum Gasteiger partial charge on any atom is 0.337 e. The van der Waals surface area contributed by atoms with E-state index in [4.69, 9.17) is 18.6 Å². The molecule has 0 aliphatic heterocycles. The van der Waals surface area contributed by atoms with Gasteiger partial charge in [-0.2, -0.15) is 0 Å². The summed E-state index contributed by atoms with van der Waals surface area (Å²) in [5.41, 5.74) is 0.381. The van der Waals surface area contributed by atoms with Crippen molar-refractivity contribution in [1.29, 1.82) is 0 Å². The van der Waals surface area contributed by atoms with Crippen molar-refractivity contribution in [3.05, 3.63) is 95.4 Å². The number of benzene rings is 3. The number of anilines is 1. The number of fused-ring (bicyclic) bond motifs is 1. The highest BCUT2D eigenvalue weighted by Gasteiger charge is 2.17. The first-order valence-corrected chi connectivity index (χ1v) is 10.3. The van der Waals surface area contributed by atoms with Crippen LogP contribution >= 0.6 is 0 Å². The van der Waals surface area contributed by atoms with E-state index < -0.39 is 17.8 Å². The zero-order chi connectivity index (χ0) is 24.1. The van der Waals surface area contributed by atoms with Gasteiger partial charge in [-0.25, -0.2) is 9.59 Å². The average molecular weight is 459 g/mol. The van der Waals surface area contributed by atoms with Crippen molar-refractivity contribution in [2.75, 3.05) is 19.5 Å². The lowest BCUT2D eigenvalue weighted by atomic mass is 10.1. The van der Waals surface area contributed by atoms with Gasteiger partial charge in [-0.3, -0.25) is 4.79 Å². The van der Waals surface area contributed by atoms with E-state index >= 15 is 0 Å². The molecule has 4 aromatic rings. The minimum absolute atomic E-state index is 0.0413. The molecule has 1 N–H and O–H groups in total. The number of carbonyl (C=O) groups excluding carboxylic acids is 3. The summed E-state index contributed by atoms with van der Waals surface area (Å²) in [6, 6.07) is 20.9. The lowest BCUT2D eigenvalue weighted by Crippen LogP contribution is -2.13. The van der Waals surface area contributed by atoms with Crippen LogP contribution in [0.25, 0.3) is 10.8 Å². The summed E-state index contributed by atoms with van der Waals surface area (Å²) in [6.07, 6.45) is 0. The van der Waals surface area contributed by atoms with Gasteiger partial charge in [-0.15, -0.1) is 0 Å². The molecular formula is C26H21NO7. The van der Waals surface area contributed by atoms with Gasteiger partial charge in [0.25, 0.3) is 5.91 Å². The van der Waals surface area contributed by atoms with E-state index in [-0.39, 0.29) is 29.2 Å². The zero-order valence-electron chi connectivity index (χ0n) is 18.5. The fourth-order valence-corrected chi connectivity index (χ4v) is 3.41. The van der Waals surface area contributed by atoms with Crippen LogP contribution in [0.2, 0.25) is 0 Å².